The highest BCUT2D eigenvalue weighted by molar-refractivity contribution is 6.17. The van der Waals surface area contributed by atoms with E-state index in [9.17, 15) is 0 Å². The van der Waals surface area contributed by atoms with E-state index in [-0.39, 0.29) is 0 Å². The maximum absolute atomic E-state index is 6.10. The van der Waals surface area contributed by atoms with Crippen LogP contribution in [0.2, 0.25) is 0 Å². The van der Waals surface area contributed by atoms with Crippen molar-refractivity contribution in [2.45, 2.75) is 26.7 Å². The number of halogens is 1. The molecule has 3 rings (SSSR count). The van der Waals surface area contributed by atoms with Gasteiger partial charge in [-0.15, -0.1) is 11.6 Å². The maximum atomic E-state index is 6.10. The minimum atomic E-state index is 0.421. The van der Waals surface area contributed by atoms with Crippen molar-refractivity contribution in [3.05, 3.63) is 52.8 Å². The molecule has 3 aromatic rings. The number of hydrogen-bond donors (Lipinski definition) is 0. The van der Waals surface area contributed by atoms with E-state index in [0.29, 0.717) is 5.88 Å². The van der Waals surface area contributed by atoms with Crippen molar-refractivity contribution < 1.29 is 0 Å². The Balaban J connectivity index is 2.31. The number of rotatable bonds is 2. The molecule has 2 heterocycles. The van der Waals surface area contributed by atoms with Gasteiger partial charge in [0, 0.05) is 16.6 Å². The Morgan fingerprint density at radius 3 is 2.55 bits per heavy atom. The summed E-state index contributed by atoms with van der Waals surface area (Å²) in [5, 5.41) is 5.69. The molecule has 3 nitrogen and oxygen atoms in total. The molecule has 0 spiro atoms. The summed E-state index contributed by atoms with van der Waals surface area (Å²) in [7, 11) is 0. The highest BCUT2D eigenvalue weighted by Crippen LogP contribution is 2.23. The zero-order chi connectivity index (χ0) is 14.3. The Bertz CT molecular complexity index is 790. The van der Waals surface area contributed by atoms with Crippen molar-refractivity contribution in [3.8, 4) is 5.82 Å². The van der Waals surface area contributed by atoms with Crippen LogP contribution in [0.5, 0.6) is 0 Å². The summed E-state index contributed by atoms with van der Waals surface area (Å²) in [5.74, 6) is 1.25. The molecule has 0 saturated carbocycles. The fraction of sp³-hybridized carbons (Fsp3) is 0.250. The maximum Gasteiger partial charge on any atom is 0.158 e. The second-order valence-corrected chi connectivity index (χ2v) is 5.27. The average molecular weight is 286 g/mol. The summed E-state index contributed by atoms with van der Waals surface area (Å²) in [4.78, 5) is 4.75. The van der Waals surface area contributed by atoms with Gasteiger partial charge in [0.25, 0.3) is 0 Å². The molecule has 0 saturated heterocycles. The summed E-state index contributed by atoms with van der Waals surface area (Å²) >= 11 is 6.10. The summed E-state index contributed by atoms with van der Waals surface area (Å²) < 4.78 is 1.90. The average Bonchev–Trinajstić information content (AvgIpc) is 2.73. The number of nitrogens with zero attached hydrogens (tertiary/aromatic N) is 3. The van der Waals surface area contributed by atoms with Gasteiger partial charge in [0.05, 0.1) is 17.1 Å². The molecule has 0 unspecified atom stereocenters. The van der Waals surface area contributed by atoms with Crippen LogP contribution in [0, 0.1) is 20.8 Å². The monoisotopic (exact) mass is 285 g/mol. The van der Waals surface area contributed by atoms with Gasteiger partial charge < -0.3 is 0 Å². The van der Waals surface area contributed by atoms with Gasteiger partial charge in [0.2, 0.25) is 0 Å². The van der Waals surface area contributed by atoms with E-state index in [1.807, 2.05) is 29.8 Å². The third-order valence-corrected chi connectivity index (χ3v) is 4.07. The lowest BCUT2D eigenvalue weighted by atomic mass is 10.1. The Hall–Kier alpha value is -1.87. The quantitative estimate of drug-likeness (QED) is 0.664. The largest absolute Gasteiger partial charge is 0.228 e. The van der Waals surface area contributed by atoms with E-state index in [4.69, 9.17) is 16.6 Å². The highest BCUT2D eigenvalue weighted by Gasteiger charge is 2.14. The third kappa shape index (κ3) is 1.98. The van der Waals surface area contributed by atoms with Gasteiger partial charge in [-0.3, -0.25) is 0 Å². The van der Waals surface area contributed by atoms with Gasteiger partial charge in [0.1, 0.15) is 0 Å². The number of pyridine rings is 1. The van der Waals surface area contributed by atoms with Gasteiger partial charge in [-0.2, -0.15) is 5.10 Å². The Morgan fingerprint density at radius 1 is 1.15 bits per heavy atom. The Kier molecular flexibility index (Phi) is 3.22. The van der Waals surface area contributed by atoms with Crippen LogP contribution in [0.15, 0.2) is 30.3 Å². The van der Waals surface area contributed by atoms with Crippen molar-refractivity contribution in [2.24, 2.45) is 0 Å². The van der Waals surface area contributed by atoms with Crippen LogP contribution in [0.25, 0.3) is 16.7 Å². The van der Waals surface area contributed by atoms with E-state index in [0.717, 1.165) is 33.7 Å². The zero-order valence-electron chi connectivity index (χ0n) is 11.8. The van der Waals surface area contributed by atoms with Gasteiger partial charge in [0.15, 0.2) is 5.82 Å². The number of aromatic nitrogens is 3. The molecule has 0 bridgehead atoms. The molecule has 0 amide bonds. The summed E-state index contributed by atoms with van der Waals surface area (Å²) in [5.41, 5.74) is 5.28. The minimum absolute atomic E-state index is 0.421. The van der Waals surface area contributed by atoms with Crippen LogP contribution in [-0.2, 0) is 5.88 Å². The molecule has 4 heteroatoms. The van der Waals surface area contributed by atoms with Crippen molar-refractivity contribution in [3.63, 3.8) is 0 Å². The van der Waals surface area contributed by atoms with Gasteiger partial charge >= 0.3 is 0 Å². The minimum Gasteiger partial charge on any atom is -0.228 e. The molecular weight excluding hydrogens is 270 g/mol. The number of aryl methyl sites for hydroxylation is 1. The van der Waals surface area contributed by atoms with Crippen LogP contribution in [0.4, 0.5) is 0 Å². The normalized spacial score (nSPS) is 11.2. The SMILES string of the molecule is Cc1nn(-c2nc3ccccc3cc2CCl)c(C)c1C. The van der Waals surface area contributed by atoms with Crippen molar-refractivity contribution in [1.82, 2.24) is 14.8 Å². The molecule has 0 N–H and O–H groups in total. The molecule has 0 atom stereocenters. The van der Waals surface area contributed by atoms with Gasteiger partial charge in [-0.25, -0.2) is 9.67 Å². The first-order chi connectivity index (χ1) is 9.61. The van der Waals surface area contributed by atoms with Crippen LogP contribution >= 0.6 is 11.6 Å². The van der Waals surface area contributed by atoms with Crippen LogP contribution in [-0.4, -0.2) is 14.8 Å². The molecule has 102 valence electrons. The number of alkyl halides is 1. The molecule has 0 aliphatic carbocycles. The Morgan fingerprint density at radius 2 is 1.90 bits per heavy atom. The standard InChI is InChI=1S/C16H16ClN3/c1-10-11(2)19-20(12(10)3)16-14(9-17)8-13-6-4-5-7-15(13)18-16/h4-8H,9H2,1-3H3. The van der Waals surface area contributed by atoms with Crippen LogP contribution in [0.3, 0.4) is 0 Å². The predicted molar refractivity (Wildman–Crippen MR) is 82.6 cm³/mol. The van der Waals surface area contributed by atoms with E-state index < -0.39 is 0 Å². The fourth-order valence-corrected chi connectivity index (χ4v) is 2.55. The Labute approximate surface area is 123 Å². The molecule has 0 aliphatic heterocycles. The lowest BCUT2D eigenvalue weighted by Gasteiger charge is -2.10. The molecular formula is C16H16ClN3. The first kappa shape index (κ1) is 13.1. The predicted octanol–water partition coefficient (Wildman–Crippen LogP) is 4.08. The van der Waals surface area contributed by atoms with E-state index in [2.05, 4.69) is 31.1 Å². The molecule has 0 radical (unpaired) electrons. The first-order valence-electron chi connectivity index (χ1n) is 6.59. The molecule has 0 fully saturated rings. The summed E-state index contributed by atoms with van der Waals surface area (Å²) in [6.45, 7) is 6.15. The van der Waals surface area contributed by atoms with E-state index >= 15 is 0 Å². The number of benzene rings is 1. The van der Waals surface area contributed by atoms with Gasteiger partial charge in [-0.05, 0) is 38.5 Å². The summed E-state index contributed by atoms with van der Waals surface area (Å²) in [6.07, 6.45) is 0. The van der Waals surface area contributed by atoms with E-state index in [1.54, 1.807) is 0 Å². The third-order valence-electron chi connectivity index (χ3n) is 3.78. The van der Waals surface area contributed by atoms with Crippen LogP contribution < -0.4 is 0 Å². The second-order valence-electron chi connectivity index (χ2n) is 5.01. The highest BCUT2D eigenvalue weighted by atomic mass is 35.5. The lowest BCUT2D eigenvalue weighted by molar-refractivity contribution is 0.802. The zero-order valence-corrected chi connectivity index (χ0v) is 12.6. The molecule has 1 aromatic carbocycles. The van der Waals surface area contributed by atoms with E-state index in [1.165, 1.54) is 5.56 Å². The number of fused-ring (bicyclic) bond motifs is 1. The molecule has 2 aromatic heterocycles. The van der Waals surface area contributed by atoms with Crippen molar-refractivity contribution in [1.29, 1.82) is 0 Å². The molecule has 20 heavy (non-hydrogen) atoms. The summed E-state index contributed by atoms with van der Waals surface area (Å²) in [6, 6.07) is 10.2. The fourth-order valence-electron chi connectivity index (χ4n) is 2.36. The smallest absolute Gasteiger partial charge is 0.158 e. The first-order valence-corrected chi connectivity index (χ1v) is 7.13. The molecule has 0 aliphatic rings. The lowest BCUT2D eigenvalue weighted by Crippen LogP contribution is -2.06. The van der Waals surface area contributed by atoms with Gasteiger partial charge in [-0.1, -0.05) is 18.2 Å². The number of para-hydroxylation sites is 1. The topological polar surface area (TPSA) is 30.7 Å². The number of hydrogen-bond acceptors (Lipinski definition) is 2. The second kappa shape index (κ2) is 4.91. The van der Waals surface area contributed by atoms with Crippen LogP contribution in [0.1, 0.15) is 22.5 Å². The van der Waals surface area contributed by atoms with Crippen molar-refractivity contribution in [2.75, 3.05) is 0 Å². The van der Waals surface area contributed by atoms with Crippen molar-refractivity contribution >= 4 is 22.5 Å².